The van der Waals surface area contributed by atoms with Crippen molar-refractivity contribution < 1.29 is 9.47 Å². The average Bonchev–Trinajstić information content (AvgIpc) is 2.50. The maximum Gasteiger partial charge on any atom is 0.0754 e. The molecule has 0 saturated carbocycles. The summed E-state index contributed by atoms with van der Waals surface area (Å²) in [7, 11) is 3.43. The summed E-state index contributed by atoms with van der Waals surface area (Å²) < 4.78 is 10.2. The Bertz CT molecular complexity index is 436. The smallest absolute Gasteiger partial charge is 0.0754 e. The van der Waals surface area contributed by atoms with E-state index in [0.29, 0.717) is 0 Å². The van der Waals surface area contributed by atoms with Crippen LogP contribution in [0.15, 0.2) is 36.5 Å². The van der Waals surface area contributed by atoms with Gasteiger partial charge in [0.1, 0.15) is 0 Å². The van der Waals surface area contributed by atoms with Gasteiger partial charge in [-0.1, -0.05) is 55.6 Å². The third-order valence-corrected chi connectivity index (χ3v) is 2.59. The normalized spacial score (nSPS) is 12.3. The zero-order valence-corrected chi connectivity index (χ0v) is 13.4. The number of methoxy groups -OCH3 is 2. The zero-order chi connectivity index (χ0) is 15.6. The second-order valence-electron chi connectivity index (χ2n) is 4.36. The SMILES string of the molecule is CCC[C@H](/C=C/C=C/C=C/C#CC#CCCCOC)OC. The molecular formula is C19H26O2. The molecule has 0 bridgehead atoms. The number of rotatable bonds is 9. The fourth-order valence-corrected chi connectivity index (χ4v) is 1.49. The minimum Gasteiger partial charge on any atom is -0.385 e. The van der Waals surface area contributed by atoms with Crippen LogP contribution in [0.4, 0.5) is 0 Å². The van der Waals surface area contributed by atoms with Crippen LogP contribution >= 0.6 is 0 Å². The minimum atomic E-state index is 0.205. The van der Waals surface area contributed by atoms with Gasteiger partial charge < -0.3 is 9.47 Å². The molecule has 21 heavy (non-hydrogen) atoms. The van der Waals surface area contributed by atoms with Crippen LogP contribution in [-0.4, -0.2) is 26.9 Å². The van der Waals surface area contributed by atoms with E-state index in [-0.39, 0.29) is 6.10 Å². The molecule has 0 unspecified atom stereocenters. The second-order valence-corrected chi connectivity index (χ2v) is 4.36. The quantitative estimate of drug-likeness (QED) is 0.363. The summed E-state index contributed by atoms with van der Waals surface area (Å²) in [5, 5.41) is 0. The van der Waals surface area contributed by atoms with E-state index >= 15 is 0 Å². The summed E-state index contributed by atoms with van der Waals surface area (Å²) in [6, 6.07) is 0. The topological polar surface area (TPSA) is 18.5 Å². The van der Waals surface area contributed by atoms with E-state index in [1.165, 1.54) is 0 Å². The lowest BCUT2D eigenvalue weighted by Gasteiger charge is -2.07. The van der Waals surface area contributed by atoms with Gasteiger partial charge in [-0.3, -0.25) is 0 Å². The first kappa shape index (κ1) is 19.3. The van der Waals surface area contributed by atoms with Crippen molar-refractivity contribution in [1.82, 2.24) is 0 Å². The highest BCUT2D eigenvalue weighted by atomic mass is 16.5. The van der Waals surface area contributed by atoms with E-state index < -0.39 is 0 Å². The molecule has 0 N–H and O–H groups in total. The Balaban J connectivity index is 3.90. The highest BCUT2D eigenvalue weighted by Gasteiger charge is 1.97. The molecule has 2 nitrogen and oxygen atoms in total. The van der Waals surface area contributed by atoms with E-state index in [1.54, 1.807) is 20.3 Å². The average molecular weight is 286 g/mol. The number of ether oxygens (including phenoxy) is 2. The minimum absolute atomic E-state index is 0.205. The van der Waals surface area contributed by atoms with Crippen molar-refractivity contribution in [3.8, 4) is 23.7 Å². The Kier molecular flexibility index (Phi) is 15.0. The standard InChI is InChI=1S/C19H26O2/c1-4-16-19(21-3)17-14-12-10-8-6-5-7-9-11-13-15-18-20-2/h6,8,10,12,14,17,19H,4,13,15-16,18H2,1-3H3/b8-6+,12-10+,17-14+/t19-/m1/s1. The Hall–Kier alpha value is -1.74. The fourth-order valence-electron chi connectivity index (χ4n) is 1.49. The molecule has 2 heteroatoms. The van der Waals surface area contributed by atoms with Gasteiger partial charge in [-0.25, -0.2) is 0 Å². The third-order valence-electron chi connectivity index (χ3n) is 2.59. The lowest BCUT2D eigenvalue weighted by molar-refractivity contribution is 0.133. The molecule has 0 radical (unpaired) electrons. The Labute approximate surface area is 129 Å². The molecule has 0 aromatic carbocycles. The molecule has 0 rings (SSSR count). The van der Waals surface area contributed by atoms with Crippen molar-refractivity contribution >= 4 is 0 Å². The van der Waals surface area contributed by atoms with Gasteiger partial charge in [-0.05, 0) is 30.8 Å². The van der Waals surface area contributed by atoms with Crippen molar-refractivity contribution in [2.24, 2.45) is 0 Å². The van der Waals surface area contributed by atoms with Gasteiger partial charge in [-0.15, -0.1) is 0 Å². The number of hydrogen-bond acceptors (Lipinski definition) is 2. The largest absolute Gasteiger partial charge is 0.385 e. The predicted octanol–water partition coefficient (Wildman–Crippen LogP) is 3.90. The molecule has 0 heterocycles. The summed E-state index contributed by atoms with van der Waals surface area (Å²) in [6.45, 7) is 2.90. The lowest BCUT2D eigenvalue weighted by atomic mass is 10.2. The van der Waals surface area contributed by atoms with Crippen LogP contribution in [0.1, 0.15) is 32.6 Å². The number of unbranched alkanes of at least 4 members (excludes halogenated alkanes) is 1. The van der Waals surface area contributed by atoms with Crippen LogP contribution in [0, 0.1) is 23.7 Å². The zero-order valence-electron chi connectivity index (χ0n) is 13.4. The molecule has 0 spiro atoms. The molecule has 0 aliphatic heterocycles. The summed E-state index contributed by atoms with van der Waals surface area (Å²) in [5.74, 6) is 11.5. The van der Waals surface area contributed by atoms with Crippen molar-refractivity contribution in [3.63, 3.8) is 0 Å². The van der Waals surface area contributed by atoms with Gasteiger partial charge in [0.15, 0.2) is 0 Å². The fraction of sp³-hybridized carbons (Fsp3) is 0.474. The first-order valence-electron chi connectivity index (χ1n) is 7.35. The van der Waals surface area contributed by atoms with Crippen molar-refractivity contribution in [1.29, 1.82) is 0 Å². The predicted molar refractivity (Wildman–Crippen MR) is 89.8 cm³/mol. The Morgan fingerprint density at radius 2 is 1.86 bits per heavy atom. The molecular weight excluding hydrogens is 260 g/mol. The maximum absolute atomic E-state index is 5.31. The van der Waals surface area contributed by atoms with Gasteiger partial charge in [0.25, 0.3) is 0 Å². The van der Waals surface area contributed by atoms with Crippen molar-refractivity contribution in [3.05, 3.63) is 36.5 Å². The molecule has 0 fully saturated rings. The van der Waals surface area contributed by atoms with Crippen LogP contribution in [-0.2, 0) is 9.47 Å². The van der Waals surface area contributed by atoms with Gasteiger partial charge in [0.05, 0.1) is 6.10 Å². The highest BCUT2D eigenvalue weighted by molar-refractivity contribution is 5.32. The Morgan fingerprint density at radius 3 is 2.57 bits per heavy atom. The molecule has 0 aliphatic carbocycles. The Morgan fingerprint density at radius 1 is 1.05 bits per heavy atom. The summed E-state index contributed by atoms with van der Waals surface area (Å²) in [5.41, 5.74) is 0. The third kappa shape index (κ3) is 14.5. The molecule has 114 valence electrons. The van der Waals surface area contributed by atoms with Crippen LogP contribution in [0.2, 0.25) is 0 Å². The van der Waals surface area contributed by atoms with Crippen LogP contribution in [0.3, 0.4) is 0 Å². The lowest BCUT2D eigenvalue weighted by Crippen LogP contribution is -2.05. The van der Waals surface area contributed by atoms with E-state index in [0.717, 1.165) is 32.3 Å². The first-order valence-corrected chi connectivity index (χ1v) is 7.35. The summed E-state index contributed by atoms with van der Waals surface area (Å²) in [6.07, 6.45) is 15.8. The monoisotopic (exact) mass is 286 g/mol. The van der Waals surface area contributed by atoms with Gasteiger partial charge in [-0.2, -0.15) is 0 Å². The van der Waals surface area contributed by atoms with Crippen molar-refractivity contribution in [2.45, 2.75) is 38.7 Å². The van der Waals surface area contributed by atoms with Gasteiger partial charge >= 0.3 is 0 Å². The van der Waals surface area contributed by atoms with Crippen molar-refractivity contribution in [2.75, 3.05) is 20.8 Å². The first-order chi connectivity index (χ1) is 10.3. The van der Waals surface area contributed by atoms with Crippen LogP contribution in [0.25, 0.3) is 0 Å². The summed E-state index contributed by atoms with van der Waals surface area (Å²) >= 11 is 0. The molecule has 0 saturated heterocycles. The van der Waals surface area contributed by atoms with E-state index in [2.05, 4.69) is 36.7 Å². The van der Waals surface area contributed by atoms with E-state index in [1.807, 2.05) is 24.3 Å². The van der Waals surface area contributed by atoms with E-state index in [9.17, 15) is 0 Å². The molecule has 1 atom stereocenters. The number of hydrogen-bond donors (Lipinski definition) is 0. The molecule has 0 aromatic rings. The van der Waals surface area contributed by atoms with Gasteiger partial charge in [0.2, 0.25) is 0 Å². The summed E-state index contributed by atoms with van der Waals surface area (Å²) in [4.78, 5) is 0. The second kappa shape index (κ2) is 16.3. The maximum atomic E-state index is 5.31. The van der Waals surface area contributed by atoms with Crippen LogP contribution < -0.4 is 0 Å². The molecule has 0 aromatic heterocycles. The highest BCUT2D eigenvalue weighted by Crippen LogP contribution is 2.02. The molecule has 0 amide bonds. The van der Waals surface area contributed by atoms with Crippen LogP contribution in [0.5, 0.6) is 0 Å². The number of allylic oxidation sites excluding steroid dienone is 5. The van der Waals surface area contributed by atoms with Gasteiger partial charge in [0, 0.05) is 27.2 Å². The molecule has 0 aliphatic rings. The van der Waals surface area contributed by atoms with E-state index in [4.69, 9.17) is 9.47 Å².